The van der Waals surface area contributed by atoms with Gasteiger partial charge in [-0.1, -0.05) is 0 Å². The highest BCUT2D eigenvalue weighted by Crippen LogP contribution is 2.43. The molecular formula is C15H18N2O4S2. The maximum absolute atomic E-state index is 12.0. The monoisotopic (exact) mass is 354 g/mol. The molecule has 0 spiro atoms. The van der Waals surface area contributed by atoms with E-state index in [9.17, 15) is 4.79 Å². The zero-order valence-electron chi connectivity index (χ0n) is 12.9. The molecule has 2 aromatic rings. The van der Waals surface area contributed by atoms with E-state index >= 15 is 0 Å². The number of hydrogen-bond acceptors (Lipinski definition) is 8. The topological polar surface area (TPSA) is 71.9 Å². The molecule has 0 amide bonds. The SMILES string of the molecule is COc1ccc2nc(C3SCC(C(=O)OCCO)N3C)sc2c1. The molecule has 1 aromatic carbocycles. The molecule has 3 rings (SSSR count). The van der Waals surface area contributed by atoms with E-state index in [1.54, 1.807) is 30.2 Å². The lowest BCUT2D eigenvalue weighted by molar-refractivity contribution is -0.149. The molecular weight excluding hydrogens is 336 g/mol. The highest BCUT2D eigenvalue weighted by molar-refractivity contribution is 7.99. The van der Waals surface area contributed by atoms with Gasteiger partial charge in [0.1, 0.15) is 28.8 Å². The number of thiazole rings is 1. The second-order valence-corrected chi connectivity index (χ2v) is 7.32. The van der Waals surface area contributed by atoms with Crippen LogP contribution in [0.4, 0.5) is 0 Å². The fourth-order valence-electron chi connectivity index (χ4n) is 2.46. The lowest BCUT2D eigenvalue weighted by atomic mass is 10.3. The maximum Gasteiger partial charge on any atom is 0.324 e. The molecule has 0 radical (unpaired) electrons. The number of aliphatic hydroxyl groups excluding tert-OH is 1. The Hall–Kier alpha value is -1.35. The highest BCUT2D eigenvalue weighted by atomic mass is 32.2. The predicted octanol–water partition coefficient (Wildman–Crippen LogP) is 1.89. The summed E-state index contributed by atoms with van der Waals surface area (Å²) in [5.74, 6) is 1.18. The second kappa shape index (κ2) is 7.04. The maximum atomic E-state index is 12.0. The van der Waals surface area contributed by atoms with Crippen molar-refractivity contribution in [2.45, 2.75) is 11.4 Å². The van der Waals surface area contributed by atoms with Crippen LogP contribution >= 0.6 is 23.1 Å². The Morgan fingerprint density at radius 3 is 3.09 bits per heavy atom. The van der Waals surface area contributed by atoms with E-state index in [1.807, 2.05) is 30.1 Å². The molecule has 0 bridgehead atoms. The summed E-state index contributed by atoms with van der Waals surface area (Å²) in [4.78, 5) is 18.7. The summed E-state index contributed by atoms with van der Waals surface area (Å²) < 4.78 is 11.4. The molecule has 1 aliphatic rings. The van der Waals surface area contributed by atoms with E-state index in [1.165, 1.54) is 0 Å². The Bertz CT molecular complexity index is 706. The Morgan fingerprint density at radius 2 is 2.35 bits per heavy atom. The quantitative estimate of drug-likeness (QED) is 0.822. The van der Waals surface area contributed by atoms with Gasteiger partial charge in [-0.2, -0.15) is 0 Å². The van der Waals surface area contributed by atoms with E-state index in [0.29, 0.717) is 5.75 Å². The average Bonchev–Trinajstić information content (AvgIpc) is 3.14. The van der Waals surface area contributed by atoms with Crippen LogP contribution in [0.3, 0.4) is 0 Å². The number of aliphatic hydroxyl groups is 1. The van der Waals surface area contributed by atoms with Crippen LogP contribution in [0.15, 0.2) is 18.2 Å². The molecule has 6 nitrogen and oxygen atoms in total. The smallest absolute Gasteiger partial charge is 0.324 e. The van der Waals surface area contributed by atoms with Gasteiger partial charge >= 0.3 is 5.97 Å². The van der Waals surface area contributed by atoms with Gasteiger partial charge in [0.05, 0.1) is 23.9 Å². The number of rotatable bonds is 5. The molecule has 23 heavy (non-hydrogen) atoms. The number of thioether (sulfide) groups is 1. The van der Waals surface area contributed by atoms with E-state index in [-0.39, 0.29) is 30.6 Å². The first-order valence-electron chi connectivity index (χ1n) is 7.19. The summed E-state index contributed by atoms with van der Waals surface area (Å²) in [5, 5.41) is 9.77. The van der Waals surface area contributed by atoms with Gasteiger partial charge in [0.15, 0.2) is 0 Å². The molecule has 1 N–H and O–H groups in total. The zero-order valence-corrected chi connectivity index (χ0v) is 14.5. The molecule has 1 saturated heterocycles. The number of ether oxygens (including phenoxy) is 2. The summed E-state index contributed by atoms with van der Waals surface area (Å²) >= 11 is 3.29. The Balaban J connectivity index is 1.78. The van der Waals surface area contributed by atoms with Crippen LogP contribution in [-0.2, 0) is 9.53 Å². The molecule has 2 atom stereocenters. The minimum absolute atomic E-state index is 0.0325. The van der Waals surface area contributed by atoms with Crippen molar-refractivity contribution >= 4 is 39.3 Å². The van der Waals surface area contributed by atoms with Crippen LogP contribution < -0.4 is 4.74 Å². The van der Waals surface area contributed by atoms with Gasteiger partial charge in [0.25, 0.3) is 0 Å². The summed E-state index contributed by atoms with van der Waals surface area (Å²) in [6.07, 6.45) is 0. The number of fused-ring (bicyclic) bond motifs is 1. The molecule has 0 aliphatic carbocycles. The summed E-state index contributed by atoms with van der Waals surface area (Å²) in [7, 11) is 3.55. The molecule has 2 unspecified atom stereocenters. The van der Waals surface area contributed by atoms with Crippen LogP contribution in [0.5, 0.6) is 5.75 Å². The van der Waals surface area contributed by atoms with Gasteiger partial charge < -0.3 is 14.6 Å². The zero-order chi connectivity index (χ0) is 16.4. The third kappa shape index (κ3) is 3.30. The summed E-state index contributed by atoms with van der Waals surface area (Å²) in [6.45, 7) is -0.113. The number of hydrogen-bond donors (Lipinski definition) is 1. The van der Waals surface area contributed by atoms with Crippen molar-refractivity contribution in [1.82, 2.24) is 9.88 Å². The van der Waals surface area contributed by atoms with Crippen LogP contribution in [0.2, 0.25) is 0 Å². The molecule has 124 valence electrons. The predicted molar refractivity (Wildman–Crippen MR) is 91.0 cm³/mol. The lowest BCUT2D eigenvalue weighted by Gasteiger charge is -2.21. The Morgan fingerprint density at radius 1 is 1.52 bits per heavy atom. The molecule has 1 aromatic heterocycles. The number of carbonyl (C=O) groups excluding carboxylic acids is 1. The van der Waals surface area contributed by atoms with E-state index in [4.69, 9.17) is 14.6 Å². The highest BCUT2D eigenvalue weighted by Gasteiger charge is 2.39. The van der Waals surface area contributed by atoms with Crippen LogP contribution in [0.1, 0.15) is 10.4 Å². The fourth-order valence-corrected chi connectivity index (χ4v) is 5.15. The van der Waals surface area contributed by atoms with Gasteiger partial charge in [0, 0.05) is 5.75 Å². The number of nitrogens with zero attached hydrogens (tertiary/aromatic N) is 2. The van der Waals surface area contributed by atoms with E-state index in [0.717, 1.165) is 21.0 Å². The number of esters is 1. The Kier molecular flexibility index (Phi) is 5.05. The fraction of sp³-hybridized carbons (Fsp3) is 0.467. The van der Waals surface area contributed by atoms with E-state index in [2.05, 4.69) is 4.98 Å². The summed E-state index contributed by atoms with van der Waals surface area (Å²) in [6, 6.07) is 5.51. The van der Waals surface area contributed by atoms with Crippen molar-refractivity contribution in [3.05, 3.63) is 23.2 Å². The van der Waals surface area contributed by atoms with Crippen molar-refractivity contribution in [3.8, 4) is 5.75 Å². The van der Waals surface area contributed by atoms with Gasteiger partial charge in [-0.15, -0.1) is 23.1 Å². The van der Waals surface area contributed by atoms with Gasteiger partial charge in [-0.25, -0.2) is 4.98 Å². The van der Waals surface area contributed by atoms with E-state index < -0.39 is 0 Å². The number of benzene rings is 1. The van der Waals surface area contributed by atoms with Crippen LogP contribution in [0.25, 0.3) is 10.2 Å². The Labute approximate surface area is 142 Å². The van der Waals surface area contributed by atoms with Crippen LogP contribution in [-0.4, -0.2) is 60.1 Å². The third-order valence-electron chi connectivity index (χ3n) is 3.70. The first-order valence-corrected chi connectivity index (χ1v) is 9.06. The third-order valence-corrected chi connectivity index (χ3v) is 6.30. The average molecular weight is 354 g/mol. The van der Waals surface area contributed by atoms with Gasteiger partial charge in [-0.05, 0) is 25.2 Å². The molecule has 2 heterocycles. The standard InChI is InChI=1S/C15H18N2O4S2/c1-17-11(15(19)21-6-5-18)8-22-14(17)13-16-10-4-3-9(20-2)7-12(10)23-13/h3-4,7,11,14,18H,5-6,8H2,1-2H3. The van der Waals surface area contributed by atoms with Gasteiger partial charge in [0.2, 0.25) is 0 Å². The number of carbonyl (C=O) groups is 1. The largest absolute Gasteiger partial charge is 0.497 e. The minimum atomic E-state index is -0.307. The first kappa shape index (κ1) is 16.5. The van der Waals surface area contributed by atoms with Gasteiger partial charge in [-0.3, -0.25) is 9.69 Å². The van der Waals surface area contributed by atoms with Crippen molar-refractivity contribution in [2.75, 3.05) is 33.1 Å². The molecule has 1 fully saturated rings. The molecule has 1 aliphatic heterocycles. The van der Waals surface area contributed by atoms with Crippen molar-refractivity contribution in [1.29, 1.82) is 0 Å². The number of methoxy groups -OCH3 is 1. The molecule has 0 saturated carbocycles. The minimum Gasteiger partial charge on any atom is -0.497 e. The van der Waals surface area contributed by atoms with Crippen molar-refractivity contribution in [3.63, 3.8) is 0 Å². The first-order chi connectivity index (χ1) is 11.1. The van der Waals surface area contributed by atoms with Crippen molar-refractivity contribution < 1.29 is 19.4 Å². The lowest BCUT2D eigenvalue weighted by Crippen LogP contribution is -2.37. The second-order valence-electron chi connectivity index (χ2n) is 5.14. The number of likely N-dealkylation sites (N-methyl/N-ethyl adjacent to an activating group) is 1. The number of aromatic nitrogens is 1. The van der Waals surface area contributed by atoms with Crippen LogP contribution in [0, 0.1) is 0 Å². The summed E-state index contributed by atoms with van der Waals surface area (Å²) in [5.41, 5.74) is 0.936. The van der Waals surface area contributed by atoms with Crippen molar-refractivity contribution in [2.24, 2.45) is 0 Å². The molecule has 8 heteroatoms. The normalized spacial score (nSPS) is 21.7.